The van der Waals surface area contributed by atoms with Crippen LogP contribution in [-0.2, 0) is 0 Å². The van der Waals surface area contributed by atoms with Gasteiger partial charge in [0.1, 0.15) is 5.75 Å². The molecule has 0 amide bonds. The summed E-state index contributed by atoms with van der Waals surface area (Å²) < 4.78 is 0. The third-order valence-electron chi connectivity index (χ3n) is 4.65. The van der Waals surface area contributed by atoms with Crippen LogP contribution in [0.1, 0.15) is 44.1 Å². The van der Waals surface area contributed by atoms with E-state index < -0.39 is 0 Å². The Bertz CT molecular complexity index is 423. The van der Waals surface area contributed by atoms with Crippen LogP contribution in [0.25, 0.3) is 0 Å². The minimum Gasteiger partial charge on any atom is -0.508 e. The van der Waals surface area contributed by atoms with Crippen molar-refractivity contribution in [3.05, 3.63) is 29.8 Å². The number of rotatable bonds is 1. The molecule has 100 valence electrons. The summed E-state index contributed by atoms with van der Waals surface area (Å²) in [5.41, 5.74) is 1.70. The number of aromatic hydroxyl groups is 1. The highest BCUT2D eigenvalue weighted by Crippen LogP contribution is 2.46. The largest absolute Gasteiger partial charge is 0.508 e. The molecule has 1 aliphatic heterocycles. The third-order valence-corrected chi connectivity index (χ3v) is 4.65. The number of piperidine rings is 1. The number of benzene rings is 1. The van der Waals surface area contributed by atoms with Gasteiger partial charge in [0, 0.05) is 5.54 Å². The lowest BCUT2D eigenvalue weighted by Gasteiger charge is -2.48. The zero-order valence-electron chi connectivity index (χ0n) is 10.9. The van der Waals surface area contributed by atoms with Crippen molar-refractivity contribution in [1.82, 2.24) is 5.32 Å². The molecule has 1 aromatic carbocycles. The average Bonchev–Trinajstić information content (AvgIpc) is 2.28. The molecule has 0 radical (unpaired) electrons. The molecule has 3 heteroatoms. The van der Waals surface area contributed by atoms with Crippen LogP contribution in [0.4, 0.5) is 0 Å². The molecule has 1 aromatic rings. The van der Waals surface area contributed by atoms with Crippen molar-refractivity contribution >= 4 is 17.0 Å². The van der Waals surface area contributed by atoms with E-state index in [9.17, 15) is 5.11 Å². The van der Waals surface area contributed by atoms with Gasteiger partial charge in [0.25, 0.3) is 0 Å². The second-order valence-electron chi connectivity index (χ2n) is 5.98. The molecule has 2 nitrogen and oxygen atoms in total. The van der Waals surface area contributed by atoms with Crippen LogP contribution in [0.2, 0.25) is 0 Å². The molecule has 1 saturated heterocycles. The molecule has 2 fully saturated rings. The molecule has 0 aromatic heterocycles. The van der Waals surface area contributed by atoms with Gasteiger partial charge in [-0.3, -0.25) is 0 Å². The summed E-state index contributed by atoms with van der Waals surface area (Å²) in [5.74, 6) is 1.85. The van der Waals surface area contributed by atoms with E-state index in [0.717, 1.165) is 12.5 Å². The highest BCUT2D eigenvalue weighted by Gasteiger charge is 2.40. The SMILES string of the molecule is Br.CC12CCC(c3cccc(O)c3)C(CCN1)C2. The zero-order chi connectivity index (χ0) is 11.9. The molecule has 2 N–H and O–H groups in total. The standard InChI is InChI=1S/C15H21NO.BrH/c1-15-7-5-14(12(10-15)6-8-16-15)11-3-2-4-13(17)9-11;/h2-4,9,12,14,16-17H,5-8,10H2,1H3;1H. The predicted octanol–water partition coefficient (Wildman–Crippen LogP) is 3.61. The van der Waals surface area contributed by atoms with Crippen molar-refractivity contribution in [3.8, 4) is 5.75 Å². The van der Waals surface area contributed by atoms with E-state index in [2.05, 4.69) is 18.3 Å². The topological polar surface area (TPSA) is 32.3 Å². The highest BCUT2D eigenvalue weighted by molar-refractivity contribution is 8.93. The molecule has 2 aliphatic rings. The average molecular weight is 312 g/mol. The molecule has 18 heavy (non-hydrogen) atoms. The van der Waals surface area contributed by atoms with Crippen molar-refractivity contribution < 1.29 is 5.11 Å². The Balaban J connectivity index is 0.00000120. The number of fused-ring (bicyclic) bond motifs is 2. The van der Waals surface area contributed by atoms with Gasteiger partial charge in [0.2, 0.25) is 0 Å². The molecule has 0 spiro atoms. The fourth-order valence-corrected chi connectivity index (χ4v) is 3.75. The van der Waals surface area contributed by atoms with E-state index in [4.69, 9.17) is 0 Å². The molecule has 1 saturated carbocycles. The van der Waals surface area contributed by atoms with E-state index in [1.54, 1.807) is 6.07 Å². The maximum Gasteiger partial charge on any atom is 0.115 e. The van der Waals surface area contributed by atoms with Gasteiger partial charge in [-0.1, -0.05) is 12.1 Å². The number of phenolic OH excluding ortho intramolecular Hbond substituents is 1. The van der Waals surface area contributed by atoms with Crippen LogP contribution in [0.3, 0.4) is 0 Å². The van der Waals surface area contributed by atoms with Crippen LogP contribution in [0.15, 0.2) is 24.3 Å². The quantitative estimate of drug-likeness (QED) is 0.830. The Labute approximate surface area is 120 Å². The van der Waals surface area contributed by atoms with Crippen molar-refractivity contribution in [3.63, 3.8) is 0 Å². The molecular weight excluding hydrogens is 290 g/mol. The Morgan fingerprint density at radius 3 is 2.94 bits per heavy atom. The summed E-state index contributed by atoms with van der Waals surface area (Å²) in [4.78, 5) is 0. The van der Waals surface area contributed by atoms with Gasteiger partial charge in [0.05, 0.1) is 0 Å². The lowest BCUT2D eigenvalue weighted by atomic mass is 9.65. The minimum absolute atomic E-state index is 0. The van der Waals surface area contributed by atoms with Gasteiger partial charge >= 0.3 is 0 Å². The fraction of sp³-hybridized carbons (Fsp3) is 0.600. The van der Waals surface area contributed by atoms with E-state index in [0.29, 0.717) is 17.2 Å². The second-order valence-corrected chi connectivity index (χ2v) is 5.98. The number of nitrogens with one attached hydrogen (secondary N) is 1. The maximum atomic E-state index is 9.61. The summed E-state index contributed by atoms with van der Waals surface area (Å²) in [7, 11) is 0. The van der Waals surface area contributed by atoms with Gasteiger partial charge in [-0.05, 0) is 68.7 Å². The molecule has 3 rings (SSSR count). The number of phenols is 1. The van der Waals surface area contributed by atoms with Crippen LogP contribution in [0, 0.1) is 5.92 Å². The number of halogens is 1. The van der Waals surface area contributed by atoms with E-state index in [-0.39, 0.29) is 17.0 Å². The Hall–Kier alpha value is -0.540. The van der Waals surface area contributed by atoms with Gasteiger partial charge in [0.15, 0.2) is 0 Å². The smallest absolute Gasteiger partial charge is 0.115 e. The first kappa shape index (κ1) is 13.9. The first-order chi connectivity index (χ1) is 8.16. The lowest BCUT2D eigenvalue weighted by molar-refractivity contribution is 0.124. The van der Waals surface area contributed by atoms with Crippen molar-refractivity contribution in [1.29, 1.82) is 0 Å². The number of hydrogen-bond donors (Lipinski definition) is 2. The summed E-state index contributed by atoms with van der Waals surface area (Å²) in [6.45, 7) is 3.51. The second kappa shape index (κ2) is 5.22. The van der Waals surface area contributed by atoms with E-state index >= 15 is 0 Å². The zero-order valence-corrected chi connectivity index (χ0v) is 12.6. The molecular formula is C15H22BrNO. The van der Waals surface area contributed by atoms with Gasteiger partial charge in [-0.2, -0.15) is 0 Å². The van der Waals surface area contributed by atoms with Crippen molar-refractivity contribution in [2.75, 3.05) is 6.54 Å². The van der Waals surface area contributed by atoms with Crippen LogP contribution in [0.5, 0.6) is 5.75 Å². The fourth-order valence-electron chi connectivity index (χ4n) is 3.75. The molecule has 3 unspecified atom stereocenters. The molecule has 3 atom stereocenters. The van der Waals surface area contributed by atoms with Crippen LogP contribution >= 0.6 is 17.0 Å². The van der Waals surface area contributed by atoms with Crippen LogP contribution in [-0.4, -0.2) is 17.2 Å². The molecule has 1 heterocycles. The van der Waals surface area contributed by atoms with Crippen LogP contribution < -0.4 is 5.32 Å². The normalized spacial score (nSPS) is 34.7. The van der Waals surface area contributed by atoms with Crippen molar-refractivity contribution in [2.24, 2.45) is 5.92 Å². The molecule has 1 aliphatic carbocycles. The van der Waals surface area contributed by atoms with E-state index in [1.165, 1.54) is 31.2 Å². The minimum atomic E-state index is 0. The molecule has 2 bridgehead atoms. The first-order valence-electron chi connectivity index (χ1n) is 6.70. The summed E-state index contributed by atoms with van der Waals surface area (Å²) in [6, 6.07) is 7.86. The first-order valence-corrected chi connectivity index (χ1v) is 6.70. The monoisotopic (exact) mass is 311 g/mol. The number of hydrogen-bond acceptors (Lipinski definition) is 2. The third kappa shape index (κ3) is 2.57. The predicted molar refractivity (Wildman–Crippen MR) is 79.5 cm³/mol. The Kier molecular flexibility index (Phi) is 4.02. The summed E-state index contributed by atoms with van der Waals surface area (Å²) in [5, 5.41) is 13.3. The van der Waals surface area contributed by atoms with Gasteiger partial charge in [-0.25, -0.2) is 0 Å². The lowest BCUT2D eigenvalue weighted by Crippen LogP contribution is -2.52. The highest BCUT2D eigenvalue weighted by atomic mass is 79.9. The Morgan fingerprint density at radius 1 is 1.33 bits per heavy atom. The summed E-state index contributed by atoms with van der Waals surface area (Å²) in [6.07, 6.45) is 5.06. The summed E-state index contributed by atoms with van der Waals surface area (Å²) >= 11 is 0. The Morgan fingerprint density at radius 2 is 2.17 bits per heavy atom. The maximum absolute atomic E-state index is 9.61. The van der Waals surface area contributed by atoms with E-state index in [1.807, 2.05) is 12.1 Å². The van der Waals surface area contributed by atoms with Crippen molar-refractivity contribution in [2.45, 2.75) is 44.1 Å². The van der Waals surface area contributed by atoms with Gasteiger partial charge < -0.3 is 10.4 Å². The van der Waals surface area contributed by atoms with Gasteiger partial charge in [-0.15, -0.1) is 17.0 Å².